The average molecular weight is 203 g/mol. The van der Waals surface area contributed by atoms with Crippen molar-refractivity contribution in [2.75, 3.05) is 7.05 Å². The lowest BCUT2D eigenvalue weighted by Gasteiger charge is -2.10. The molecule has 1 heterocycles. The van der Waals surface area contributed by atoms with Gasteiger partial charge in [-0.05, 0) is 43.5 Å². The molecule has 3 heteroatoms. The van der Waals surface area contributed by atoms with Crippen molar-refractivity contribution >= 4 is 5.70 Å². The number of aryl methyl sites for hydroxylation is 3. The number of hydrogen-bond donors (Lipinski definition) is 2. The van der Waals surface area contributed by atoms with Crippen LogP contribution in [0.15, 0.2) is 18.3 Å². The van der Waals surface area contributed by atoms with Gasteiger partial charge in [0.2, 0.25) is 0 Å². The molecule has 0 unspecified atom stereocenters. The van der Waals surface area contributed by atoms with Gasteiger partial charge in [0.15, 0.2) is 0 Å². The minimum atomic E-state index is 1.12. The van der Waals surface area contributed by atoms with Crippen molar-refractivity contribution in [3.63, 3.8) is 0 Å². The van der Waals surface area contributed by atoms with Crippen molar-refractivity contribution < 1.29 is 0 Å². The first kappa shape index (κ1) is 10.1. The van der Waals surface area contributed by atoms with Gasteiger partial charge in [0.05, 0.1) is 5.70 Å². The minimum Gasteiger partial charge on any atom is -0.302 e. The Bertz CT molecular complexity index is 421. The van der Waals surface area contributed by atoms with Crippen LogP contribution in [-0.2, 0) is 0 Å². The maximum absolute atomic E-state index is 3.15. The number of hydrazine groups is 2. The summed E-state index contributed by atoms with van der Waals surface area (Å²) >= 11 is 0. The summed E-state index contributed by atoms with van der Waals surface area (Å²) < 4.78 is 0. The van der Waals surface area contributed by atoms with Gasteiger partial charge in [-0.2, -0.15) is 0 Å². The maximum atomic E-state index is 3.15. The fourth-order valence-electron chi connectivity index (χ4n) is 1.79. The number of benzene rings is 1. The smallest absolute Gasteiger partial charge is 0.0754 e. The SMILES string of the molecule is Cc1cc(C)c(C2=CN(C)NN2)cc1C. The van der Waals surface area contributed by atoms with Crippen LogP contribution in [0.3, 0.4) is 0 Å². The van der Waals surface area contributed by atoms with E-state index in [-0.39, 0.29) is 0 Å². The Kier molecular flexibility index (Phi) is 2.40. The molecule has 80 valence electrons. The summed E-state index contributed by atoms with van der Waals surface area (Å²) in [6.45, 7) is 6.43. The van der Waals surface area contributed by atoms with Gasteiger partial charge in [-0.25, -0.2) is 0 Å². The Labute approximate surface area is 90.7 Å². The van der Waals surface area contributed by atoms with Gasteiger partial charge in [-0.15, -0.1) is 5.53 Å². The monoisotopic (exact) mass is 203 g/mol. The molecule has 3 nitrogen and oxygen atoms in total. The zero-order valence-electron chi connectivity index (χ0n) is 9.68. The second-order valence-electron chi connectivity index (χ2n) is 4.14. The maximum Gasteiger partial charge on any atom is 0.0754 e. The van der Waals surface area contributed by atoms with Gasteiger partial charge in [-0.1, -0.05) is 6.07 Å². The second kappa shape index (κ2) is 3.59. The summed E-state index contributed by atoms with van der Waals surface area (Å²) in [5, 5.41) is 1.91. The van der Waals surface area contributed by atoms with Crippen LogP contribution in [0.25, 0.3) is 5.70 Å². The lowest BCUT2D eigenvalue weighted by Crippen LogP contribution is -2.33. The Morgan fingerprint density at radius 1 is 1.00 bits per heavy atom. The van der Waals surface area contributed by atoms with Gasteiger partial charge in [-0.3, -0.25) is 5.01 Å². The molecule has 0 aliphatic carbocycles. The lowest BCUT2D eigenvalue weighted by atomic mass is 9.99. The van der Waals surface area contributed by atoms with E-state index in [1.165, 1.54) is 22.3 Å². The highest BCUT2D eigenvalue weighted by atomic mass is 15.7. The highest BCUT2D eigenvalue weighted by molar-refractivity contribution is 5.68. The molecule has 0 saturated carbocycles. The highest BCUT2D eigenvalue weighted by Gasteiger charge is 2.12. The number of nitrogens with one attached hydrogen (secondary N) is 2. The van der Waals surface area contributed by atoms with Crippen LogP contribution in [-0.4, -0.2) is 12.1 Å². The molecule has 0 aromatic heterocycles. The van der Waals surface area contributed by atoms with Gasteiger partial charge in [0, 0.05) is 18.8 Å². The van der Waals surface area contributed by atoms with Gasteiger partial charge >= 0.3 is 0 Å². The molecule has 0 amide bonds. The molecule has 15 heavy (non-hydrogen) atoms. The molecular weight excluding hydrogens is 186 g/mol. The summed E-state index contributed by atoms with van der Waals surface area (Å²) in [6, 6.07) is 4.45. The van der Waals surface area contributed by atoms with Crippen molar-refractivity contribution in [1.29, 1.82) is 0 Å². The van der Waals surface area contributed by atoms with E-state index >= 15 is 0 Å². The van der Waals surface area contributed by atoms with Gasteiger partial charge in [0.1, 0.15) is 0 Å². The zero-order valence-corrected chi connectivity index (χ0v) is 9.68. The summed E-state index contributed by atoms with van der Waals surface area (Å²) in [6.07, 6.45) is 2.05. The predicted molar refractivity (Wildman–Crippen MR) is 62.7 cm³/mol. The standard InChI is InChI=1S/C12H17N3/c1-8-5-10(3)11(6-9(8)2)12-7-15(4)14-13-12/h5-7,13-14H,1-4H3. The van der Waals surface area contributed by atoms with E-state index < -0.39 is 0 Å². The Hall–Kier alpha value is -1.48. The Morgan fingerprint density at radius 3 is 2.27 bits per heavy atom. The molecular formula is C12H17N3. The quantitative estimate of drug-likeness (QED) is 0.729. The highest BCUT2D eigenvalue weighted by Crippen LogP contribution is 2.22. The largest absolute Gasteiger partial charge is 0.302 e. The second-order valence-corrected chi connectivity index (χ2v) is 4.14. The molecule has 1 aliphatic heterocycles. The van der Waals surface area contributed by atoms with E-state index in [1.807, 2.05) is 12.1 Å². The molecule has 1 aliphatic rings. The molecule has 2 N–H and O–H groups in total. The first-order valence-electron chi connectivity index (χ1n) is 5.12. The Balaban J connectivity index is 2.45. The fraction of sp³-hybridized carbons (Fsp3) is 0.333. The van der Waals surface area contributed by atoms with E-state index in [0.717, 1.165) is 5.70 Å². The first-order chi connectivity index (χ1) is 7.08. The number of nitrogens with zero attached hydrogens (tertiary/aromatic N) is 1. The molecule has 0 fully saturated rings. The topological polar surface area (TPSA) is 27.3 Å². The number of rotatable bonds is 1. The van der Waals surface area contributed by atoms with E-state index in [0.29, 0.717) is 0 Å². The van der Waals surface area contributed by atoms with Gasteiger partial charge in [0.25, 0.3) is 0 Å². The molecule has 0 atom stereocenters. The van der Waals surface area contributed by atoms with Crippen molar-refractivity contribution in [3.05, 3.63) is 40.6 Å². The van der Waals surface area contributed by atoms with E-state index in [4.69, 9.17) is 0 Å². The predicted octanol–water partition coefficient (Wildman–Crippen LogP) is 1.86. The van der Waals surface area contributed by atoms with Crippen molar-refractivity contribution in [3.8, 4) is 0 Å². The third kappa shape index (κ3) is 1.83. The van der Waals surface area contributed by atoms with Crippen LogP contribution in [0, 0.1) is 20.8 Å². The van der Waals surface area contributed by atoms with Crippen molar-refractivity contribution in [2.24, 2.45) is 0 Å². The van der Waals surface area contributed by atoms with Crippen LogP contribution in [0.4, 0.5) is 0 Å². The minimum absolute atomic E-state index is 1.12. The molecule has 0 saturated heterocycles. The van der Waals surface area contributed by atoms with Crippen LogP contribution < -0.4 is 11.0 Å². The number of hydrogen-bond acceptors (Lipinski definition) is 3. The normalized spacial score (nSPS) is 15.2. The first-order valence-corrected chi connectivity index (χ1v) is 5.12. The van der Waals surface area contributed by atoms with Crippen LogP contribution in [0.5, 0.6) is 0 Å². The summed E-state index contributed by atoms with van der Waals surface area (Å²) in [4.78, 5) is 0. The fourth-order valence-corrected chi connectivity index (χ4v) is 1.79. The van der Waals surface area contributed by atoms with Crippen molar-refractivity contribution in [2.45, 2.75) is 20.8 Å². The van der Waals surface area contributed by atoms with E-state index in [1.54, 1.807) is 0 Å². The summed E-state index contributed by atoms with van der Waals surface area (Å²) in [5.74, 6) is 0. The Morgan fingerprint density at radius 2 is 1.67 bits per heavy atom. The third-order valence-corrected chi connectivity index (χ3v) is 2.82. The third-order valence-electron chi connectivity index (χ3n) is 2.82. The zero-order chi connectivity index (χ0) is 11.0. The molecule has 0 spiro atoms. The summed E-state index contributed by atoms with van der Waals surface area (Å²) in [5.41, 5.74) is 12.5. The van der Waals surface area contributed by atoms with Crippen molar-refractivity contribution in [1.82, 2.24) is 16.0 Å². The van der Waals surface area contributed by atoms with E-state index in [2.05, 4.69) is 50.1 Å². The molecule has 0 bridgehead atoms. The molecule has 1 aromatic rings. The van der Waals surface area contributed by atoms with Gasteiger partial charge < -0.3 is 5.43 Å². The van der Waals surface area contributed by atoms with Crippen LogP contribution >= 0.6 is 0 Å². The molecule has 1 aromatic carbocycles. The lowest BCUT2D eigenvalue weighted by molar-refractivity contribution is 0.330. The summed E-state index contributed by atoms with van der Waals surface area (Å²) in [7, 11) is 1.97. The average Bonchev–Trinajstić information content (AvgIpc) is 2.58. The van der Waals surface area contributed by atoms with Crippen LogP contribution in [0.2, 0.25) is 0 Å². The van der Waals surface area contributed by atoms with E-state index in [9.17, 15) is 0 Å². The van der Waals surface area contributed by atoms with Crippen LogP contribution in [0.1, 0.15) is 22.3 Å². The molecule has 0 radical (unpaired) electrons. The molecule has 2 rings (SSSR count).